The van der Waals surface area contributed by atoms with Gasteiger partial charge in [-0.2, -0.15) is 0 Å². The first-order valence-corrected chi connectivity index (χ1v) is 12.8. The van der Waals surface area contributed by atoms with E-state index in [2.05, 4.69) is 5.32 Å². The van der Waals surface area contributed by atoms with Gasteiger partial charge in [-0.3, -0.25) is 14.3 Å². The molecular formula is C27H28N4O4S. The second-order valence-corrected chi connectivity index (χ2v) is 10.4. The monoisotopic (exact) mass is 504 g/mol. The lowest BCUT2D eigenvalue weighted by Crippen LogP contribution is -2.41. The summed E-state index contributed by atoms with van der Waals surface area (Å²) in [5.74, 6) is -0.563. The van der Waals surface area contributed by atoms with Gasteiger partial charge in [-0.1, -0.05) is 42.5 Å². The average Bonchev–Trinajstić information content (AvgIpc) is 3.08. The highest BCUT2D eigenvalue weighted by Crippen LogP contribution is 2.25. The number of nitrogens with zero attached hydrogens (tertiary/aromatic N) is 3. The van der Waals surface area contributed by atoms with Gasteiger partial charge >= 0.3 is 0 Å². The summed E-state index contributed by atoms with van der Waals surface area (Å²) in [7, 11) is -2.56. The predicted molar refractivity (Wildman–Crippen MR) is 141 cm³/mol. The van der Waals surface area contributed by atoms with Gasteiger partial charge in [-0.05, 0) is 68.3 Å². The number of benzene rings is 3. The van der Waals surface area contributed by atoms with E-state index in [1.165, 1.54) is 16.8 Å². The van der Waals surface area contributed by atoms with E-state index < -0.39 is 28.0 Å². The maximum atomic E-state index is 13.8. The largest absolute Gasteiger partial charge is 0.325 e. The van der Waals surface area contributed by atoms with Gasteiger partial charge < -0.3 is 5.32 Å². The highest BCUT2D eigenvalue weighted by atomic mass is 32.2. The molecule has 0 unspecified atom stereocenters. The Bertz CT molecular complexity index is 1570. The summed E-state index contributed by atoms with van der Waals surface area (Å²) >= 11 is 0. The molecule has 0 spiro atoms. The fourth-order valence-electron chi connectivity index (χ4n) is 4.00. The van der Waals surface area contributed by atoms with Crippen LogP contribution in [0.2, 0.25) is 0 Å². The van der Waals surface area contributed by atoms with Crippen molar-refractivity contribution < 1.29 is 13.2 Å². The fraction of sp³-hybridized carbons (Fsp3) is 0.185. The van der Waals surface area contributed by atoms with E-state index in [4.69, 9.17) is 0 Å². The van der Waals surface area contributed by atoms with E-state index in [1.54, 1.807) is 67.2 Å². The number of hydrogen-bond donors (Lipinski definition) is 1. The Hall–Kier alpha value is -4.11. The molecule has 0 bridgehead atoms. The van der Waals surface area contributed by atoms with Crippen LogP contribution in [0, 0.1) is 20.8 Å². The third kappa shape index (κ3) is 4.70. The molecule has 0 atom stereocenters. The molecule has 1 N–H and O–H groups in total. The zero-order chi connectivity index (χ0) is 26.0. The van der Waals surface area contributed by atoms with Crippen LogP contribution in [0.4, 0.5) is 11.4 Å². The number of para-hydroxylation sites is 1. The number of hydrogen-bond acceptors (Lipinski definition) is 4. The number of carbonyl (C=O) groups is 1. The fourth-order valence-corrected chi connectivity index (χ4v) is 5.49. The predicted octanol–water partition coefficient (Wildman–Crippen LogP) is 3.94. The molecular weight excluding hydrogens is 476 g/mol. The average molecular weight is 505 g/mol. The molecule has 0 radical (unpaired) electrons. The maximum Gasteiger partial charge on any atom is 0.296 e. The lowest BCUT2D eigenvalue weighted by molar-refractivity contribution is -0.114. The highest BCUT2D eigenvalue weighted by Gasteiger charge is 2.33. The van der Waals surface area contributed by atoms with E-state index >= 15 is 0 Å². The molecule has 0 saturated carbocycles. The molecule has 4 aromatic rings. The Kier molecular flexibility index (Phi) is 6.85. The van der Waals surface area contributed by atoms with E-state index in [-0.39, 0.29) is 10.6 Å². The lowest BCUT2D eigenvalue weighted by atomic mass is 10.1. The van der Waals surface area contributed by atoms with Crippen LogP contribution in [0.15, 0.2) is 88.6 Å². The summed E-state index contributed by atoms with van der Waals surface area (Å²) in [6.45, 7) is 4.98. The second kappa shape index (κ2) is 9.87. The molecule has 36 heavy (non-hydrogen) atoms. The first kappa shape index (κ1) is 25.0. The molecule has 1 amide bonds. The summed E-state index contributed by atoms with van der Waals surface area (Å²) in [6.07, 6.45) is 0. The third-order valence-electron chi connectivity index (χ3n) is 6.18. The van der Waals surface area contributed by atoms with Gasteiger partial charge in [0.25, 0.3) is 15.6 Å². The number of nitrogens with one attached hydrogen (secondary N) is 1. The number of aromatic nitrogens is 2. The Labute approximate surface area is 210 Å². The third-order valence-corrected chi connectivity index (χ3v) is 7.94. The number of anilines is 2. The summed E-state index contributed by atoms with van der Waals surface area (Å²) in [5.41, 5.74) is 2.97. The zero-order valence-electron chi connectivity index (χ0n) is 20.6. The number of aryl methyl sites for hydroxylation is 2. The molecule has 0 fully saturated rings. The van der Waals surface area contributed by atoms with Crippen molar-refractivity contribution in [3.63, 3.8) is 0 Å². The van der Waals surface area contributed by atoms with Crippen LogP contribution in [0.1, 0.15) is 16.8 Å². The van der Waals surface area contributed by atoms with Crippen LogP contribution in [0.25, 0.3) is 5.69 Å². The van der Waals surface area contributed by atoms with Gasteiger partial charge in [-0.25, -0.2) is 17.4 Å². The number of sulfonamides is 1. The van der Waals surface area contributed by atoms with Crippen molar-refractivity contribution in [1.29, 1.82) is 0 Å². The minimum atomic E-state index is -4.24. The number of amides is 1. The van der Waals surface area contributed by atoms with Crippen molar-refractivity contribution in [2.24, 2.45) is 7.05 Å². The minimum absolute atomic E-state index is 0.0158. The van der Waals surface area contributed by atoms with Gasteiger partial charge in [0.15, 0.2) is 0 Å². The summed E-state index contributed by atoms with van der Waals surface area (Å²) in [4.78, 5) is 26.8. The molecule has 9 heteroatoms. The Balaban J connectivity index is 1.82. The SMILES string of the molecule is Cc1ccc(NC(=O)CN(c2c(C)n(C)n(-c3ccccc3)c2=O)S(=O)(=O)c2ccccc2)cc1C. The highest BCUT2D eigenvalue weighted by molar-refractivity contribution is 7.92. The van der Waals surface area contributed by atoms with Crippen molar-refractivity contribution in [3.05, 3.63) is 106 Å². The van der Waals surface area contributed by atoms with Gasteiger partial charge in [0.05, 0.1) is 16.3 Å². The van der Waals surface area contributed by atoms with Crippen LogP contribution >= 0.6 is 0 Å². The van der Waals surface area contributed by atoms with Crippen LogP contribution < -0.4 is 15.2 Å². The van der Waals surface area contributed by atoms with Crippen molar-refractivity contribution in [2.75, 3.05) is 16.2 Å². The molecule has 0 saturated heterocycles. The van der Waals surface area contributed by atoms with Gasteiger partial charge in [0.2, 0.25) is 5.91 Å². The molecule has 0 aliphatic heterocycles. The molecule has 3 aromatic carbocycles. The first-order chi connectivity index (χ1) is 17.1. The minimum Gasteiger partial charge on any atom is -0.325 e. The van der Waals surface area contributed by atoms with Crippen LogP contribution in [0.3, 0.4) is 0 Å². The molecule has 1 aromatic heterocycles. The summed E-state index contributed by atoms with van der Waals surface area (Å²) in [5, 5.41) is 2.77. The standard InChI is InChI=1S/C27H28N4O4S/c1-19-15-16-22(17-20(19)2)28-25(32)18-30(36(34,35)24-13-9-6-10-14-24)26-21(3)29(4)31(27(26)33)23-11-7-5-8-12-23/h5-17H,18H2,1-4H3,(H,28,32). The molecule has 0 aliphatic carbocycles. The Morgan fingerprint density at radius 2 is 1.50 bits per heavy atom. The quantitative estimate of drug-likeness (QED) is 0.413. The molecule has 186 valence electrons. The summed E-state index contributed by atoms with van der Waals surface area (Å²) < 4.78 is 31.4. The first-order valence-electron chi connectivity index (χ1n) is 11.4. The van der Waals surface area contributed by atoms with Crippen LogP contribution in [-0.4, -0.2) is 30.2 Å². The van der Waals surface area contributed by atoms with E-state index in [0.29, 0.717) is 17.1 Å². The van der Waals surface area contributed by atoms with E-state index in [1.807, 2.05) is 32.0 Å². The van der Waals surface area contributed by atoms with Crippen molar-refractivity contribution in [1.82, 2.24) is 9.36 Å². The zero-order valence-corrected chi connectivity index (χ0v) is 21.4. The van der Waals surface area contributed by atoms with Crippen LogP contribution in [-0.2, 0) is 21.9 Å². The van der Waals surface area contributed by atoms with E-state index in [9.17, 15) is 18.0 Å². The van der Waals surface area contributed by atoms with Crippen molar-refractivity contribution >= 4 is 27.3 Å². The Morgan fingerprint density at radius 3 is 2.11 bits per heavy atom. The van der Waals surface area contributed by atoms with Crippen molar-refractivity contribution in [2.45, 2.75) is 25.7 Å². The molecule has 8 nitrogen and oxygen atoms in total. The maximum absolute atomic E-state index is 13.8. The number of carbonyl (C=O) groups excluding carboxylic acids is 1. The lowest BCUT2D eigenvalue weighted by Gasteiger charge is -2.23. The molecule has 1 heterocycles. The topological polar surface area (TPSA) is 93.4 Å². The Morgan fingerprint density at radius 1 is 0.889 bits per heavy atom. The molecule has 0 aliphatic rings. The second-order valence-electron chi connectivity index (χ2n) is 8.58. The van der Waals surface area contributed by atoms with Gasteiger partial charge in [0, 0.05) is 12.7 Å². The summed E-state index contributed by atoms with van der Waals surface area (Å²) in [6, 6.07) is 22.2. The van der Waals surface area contributed by atoms with Gasteiger partial charge in [-0.15, -0.1) is 0 Å². The van der Waals surface area contributed by atoms with Gasteiger partial charge in [0.1, 0.15) is 12.2 Å². The smallest absolute Gasteiger partial charge is 0.296 e. The van der Waals surface area contributed by atoms with Crippen LogP contribution in [0.5, 0.6) is 0 Å². The normalized spacial score (nSPS) is 11.3. The van der Waals surface area contributed by atoms with E-state index in [0.717, 1.165) is 15.4 Å². The van der Waals surface area contributed by atoms with Crippen molar-refractivity contribution in [3.8, 4) is 5.69 Å². The number of rotatable bonds is 7. The molecule has 4 rings (SSSR count).